The molecule has 0 atom stereocenters. The van der Waals surface area contributed by atoms with E-state index in [9.17, 15) is 19.3 Å². The number of benzene rings is 2. The fourth-order valence-corrected chi connectivity index (χ4v) is 2.18. The molecule has 27 heavy (non-hydrogen) atoms. The van der Waals surface area contributed by atoms with Gasteiger partial charge in [-0.05, 0) is 18.2 Å². The summed E-state index contributed by atoms with van der Waals surface area (Å²) in [6.07, 6.45) is 0. The number of esters is 1. The first-order valence-electron chi connectivity index (χ1n) is 7.61. The average Bonchev–Trinajstić information content (AvgIpc) is 3.05. The zero-order valence-electron chi connectivity index (χ0n) is 13.9. The number of carbonyl (C=O) groups is 1. The third kappa shape index (κ3) is 4.24. The second-order valence-corrected chi connectivity index (χ2v) is 5.27. The number of carbonyl (C=O) groups excluding carboxylic acids is 1. The van der Waals surface area contributed by atoms with Crippen LogP contribution in [0.15, 0.2) is 47.0 Å². The number of aromatic nitrogens is 2. The largest absolute Gasteiger partial charge is 0.485 e. The SMILES string of the molecule is Cc1nc(COc2ccccc2C(=O)Oc2cc(F)ccc2[N+](=O)[O-])no1. The smallest absolute Gasteiger partial charge is 0.347 e. The van der Waals surface area contributed by atoms with Crippen molar-refractivity contribution in [1.29, 1.82) is 0 Å². The van der Waals surface area contributed by atoms with Crippen LogP contribution in [0.2, 0.25) is 0 Å². The van der Waals surface area contributed by atoms with Crippen molar-refractivity contribution in [2.75, 3.05) is 0 Å². The number of ether oxygens (including phenoxy) is 2. The van der Waals surface area contributed by atoms with Crippen LogP contribution in [0.1, 0.15) is 22.1 Å². The van der Waals surface area contributed by atoms with Gasteiger partial charge in [0.15, 0.2) is 6.61 Å². The highest BCUT2D eigenvalue weighted by atomic mass is 19.1. The highest BCUT2D eigenvalue weighted by Gasteiger charge is 2.22. The summed E-state index contributed by atoms with van der Waals surface area (Å²) in [5, 5.41) is 14.7. The fraction of sp³-hybridized carbons (Fsp3) is 0.118. The summed E-state index contributed by atoms with van der Waals surface area (Å²) >= 11 is 0. The van der Waals surface area contributed by atoms with Crippen LogP contribution >= 0.6 is 0 Å². The first-order valence-corrected chi connectivity index (χ1v) is 7.61. The van der Waals surface area contributed by atoms with Gasteiger partial charge < -0.3 is 14.0 Å². The van der Waals surface area contributed by atoms with E-state index in [1.54, 1.807) is 19.1 Å². The summed E-state index contributed by atoms with van der Waals surface area (Å²) in [7, 11) is 0. The Balaban J connectivity index is 1.81. The van der Waals surface area contributed by atoms with Gasteiger partial charge in [0.1, 0.15) is 17.1 Å². The molecule has 3 aromatic rings. The monoisotopic (exact) mass is 373 g/mol. The van der Waals surface area contributed by atoms with E-state index in [0.717, 1.165) is 18.2 Å². The zero-order chi connectivity index (χ0) is 19.4. The Labute approximate surface area is 151 Å². The second kappa shape index (κ2) is 7.60. The predicted molar refractivity (Wildman–Crippen MR) is 87.8 cm³/mol. The zero-order valence-corrected chi connectivity index (χ0v) is 13.9. The normalized spacial score (nSPS) is 10.4. The summed E-state index contributed by atoms with van der Waals surface area (Å²) in [4.78, 5) is 26.7. The Hall–Kier alpha value is -3.82. The number of halogens is 1. The molecule has 0 radical (unpaired) electrons. The van der Waals surface area contributed by atoms with Crippen LogP contribution in [0.3, 0.4) is 0 Å². The van der Waals surface area contributed by atoms with Gasteiger partial charge in [-0.1, -0.05) is 17.3 Å². The van der Waals surface area contributed by atoms with Crippen molar-refractivity contribution >= 4 is 11.7 Å². The highest BCUT2D eigenvalue weighted by molar-refractivity contribution is 5.94. The molecule has 10 heteroatoms. The predicted octanol–water partition coefficient (Wildman–Crippen LogP) is 3.22. The van der Waals surface area contributed by atoms with Gasteiger partial charge in [0.25, 0.3) is 0 Å². The number of para-hydroxylation sites is 1. The summed E-state index contributed by atoms with van der Waals surface area (Å²) in [5.41, 5.74) is -0.540. The third-order valence-corrected chi connectivity index (χ3v) is 3.35. The summed E-state index contributed by atoms with van der Waals surface area (Å²) in [5.74, 6) is -1.45. The van der Waals surface area contributed by atoms with E-state index < -0.39 is 28.1 Å². The van der Waals surface area contributed by atoms with Crippen molar-refractivity contribution in [3.8, 4) is 11.5 Å². The summed E-state index contributed by atoms with van der Waals surface area (Å²) < 4.78 is 28.7. The fourth-order valence-electron chi connectivity index (χ4n) is 2.18. The Morgan fingerprint density at radius 2 is 2.04 bits per heavy atom. The van der Waals surface area contributed by atoms with Crippen molar-refractivity contribution in [2.24, 2.45) is 0 Å². The quantitative estimate of drug-likeness (QED) is 0.280. The lowest BCUT2D eigenvalue weighted by Crippen LogP contribution is -2.12. The maximum absolute atomic E-state index is 13.4. The molecule has 0 fully saturated rings. The number of rotatable bonds is 6. The molecule has 0 unspecified atom stereocenters. The first kappa shape index (κ1) is 18.0. The van der Waals surface area contributed by atoms with E-state index in [1.165, 1.54) is 12.1 Å². The maximum Gasteiger partial charge on any atom is 0.347 e. The van der Waals surface area contributed by atoms with Crippen molar-refractivity contribution in [3.05, 3.63) is 75.7 Å². The Morgan fingerprint density at radius 3 is 2.74 bits per heavy atom. The first-order chi connectivity index (χ1) is 12.9. The lowest BCUT2D eigenvalue weighted by Gasteiger charge is -2.10. The second-order valence-electron chi connectivity index (χ2n) is 5.27. The molecule has 0 bridgehead atoms. The molecule has 0 spiro atoms. The number of hydrogen-bond donors (Lipinski definition) is 0. The number of nitro benzene ring substituents is 1. The van der Waals surface area contributed by atoms with E-state index in [2.05, 4.69) is 10.1 Å². The van der Waals surface area contributed by atoms with Gasteiger partial charge >= 0.3 is 11.7 Å². The van der Waals surface area contributed by atoms with Gasteiger partial charge in [-0.2, -0.15) is 4.98 Å². The van der Waals surface area contributed by atoms with Crippen LogP contribution in [0.5, 0.6) is 11.5 Å². The molecule has 3 rings (SSSR count). The molecule has 0 saturated heterocycles. The van der Waals surface area contributed by atoms with Crippen LogP contribution < -0.4 is 9.47 Å². The number of hydrogen-bond acceptors (Lipinski definition) is 8. The van der Waals surface area contributed by atoms with Crippen LogP contribution in [-0.2, 0) is 6.61 Å². The van der Waals surface area contributed by atoms with Gasteiger partial charge in [0.05, 0.1) is 4.92 Å². The standard InChI is InChI=1S/C17H12FN3O6/c1-10-19-16(20-27-10)9-25-14-5-3-2-4-12(14)17(22)26-15-8-11(18)6-7-13(15)21(23)24/h2-8H,9H2,1H3. The van der Waals surface area contributed by atoms with E-state index in [1.807, 2.05) is 0 Å². The van der Waals surface area contributed by atoms with E-state index in [0.29, 0.717) is 5.89 Å². The molecule has 0 saturated carbocycles. The van der Waals surface area contributed by atoms with Gasteiger partial charge in [-0.3, -0.25) is 10.1 Å². The van der Waals surface area contributed by atoms with Crippen LogP contribution in [0, 0.1) is 22.9 Å². The average molecular weight is 373 g/mol. The van der Waals surface area contributed by atoms with E-state index >= 15 is 0 Å². The molecule has 1 aromatic heterocycles. The summed E-state index contributed by atoms with van der Waals surface area (Å²) in [6, 6.07) is 8.67. The number of nitro groups is 1. The molecular formula is C17H12FN3O6. The lowest BCUT2D eigenvalue weighted by atomic mass is 10.2. The molecule has 2 aromatic carbocycles. The Kier molecular flexibility index (Phi) is 5.06. The molecule has 0 aliphatic rings. The molecule has 1 heterocycles. The van der Waals surface area contributed by atoms with Gasteiger partial charge in [-0.15, -0.1) is 0 Å². The van der Waals surface area contributed by atoms with Crippen LogP contribution in [-0.4, -0.2) is 21.0 Å². The van der Waals surface area contributed by atoms with E-state index in [-0.39, 0.29) is 23.7 Å². The molecule has 138 valence electrons. The van der Waals surface area contributed by atoms with Gasteiger partial charge in [0, 0.05) is 19.1 Å². The molecule has 0 aliphatic heterocycles. The number of nitrogens with zero attached hydrogens (tertiary/aromatic N) is 3. The van der Waals surface area contributed by atoms with Crippen LogP contribution in [0.25, 0.3) is 0 Å². The minimum Gasteiger partial charge on any atom is -0.485 e. The third-order valence-electron chi connectivity index (χ3n) is 3.35. The van der Waals surface area contributed by atoms with Crippen molar-refractivity contribution in [1.82, 2.24) is 10.1 Å². The number of aryl methyl sites for hydroxylation is 1. The van der Waals surface area contributed by atoms with Crippen molar-refractivity contribution in [3.63, 3.8) is 0 Å². The van der Waals surface area contributed by atoms with Crippen LogP contribution in [0.4, 0.5) is 10.1 Å². The van der Waals surface area contributed by atoms with Crippen molar-refractivity contribution in [2.45, 2.75) is 13.5 Å². The van der Waals surface area contributed by atoms with Gasteiger partial charge in [0.2, 0.25) is 17.5 Å². The maximum atomic E-state index is 13.4. The highest BCUT2D eigenvalue weighted by Crippen LogP contribution is 2.29. The lowest BCUT2D eigenvalue weighted by molar-refractivity contribution is -0.385. The van der Waals surface area contributed by atoms with E-state index in [4.69, 9.17) is 14.0 Å². The molecule has 9 nitrogen and oxygen atoms in total. The molecule has 0 aliphatic carbocycles. The molecule has 0 N–H and O–H groups in total. The van der Waals surface area contributed by atoms with Crippen molar-refractivity contribution < 1.29 is 28.1 Å². The summed E-state index contributed by atoms with van der Waals surface area (Å²) in [6.45, 7) is 1.55. The molecular weight excluding hydrogens is 361 g/mol. The minimum absolute atomic E-state index is 0.00345. The molecule has 0 amide bonds. The Bertz CT molecular complexity index is 1000. The Morgan fingerprint density at radius 1 is 1.26 bits per heavy atom. The van der Waals surface area contributed by atoms with Gasteiger partial charge in [-0.25, -0.2) is 9.18 Å². The topological polar surface area (TPSA) is 118 Å². The minimum atomic E-state index is -0.941.